The summed E-state index contributed by atoms with van der Waals surface area (Å²) in [4.78, 5) is 8.90. The summed E-state index contributed by atoms with van der Waals surface area (Å²) >= 11 is 0. The van der Waals surface area contributed by atoms with Gasteiger partial charge < -0.3 is 14.2 Å². The Morgan fingerprint density at radius 3 is 2.10 bits per heavy atom. The van der Waals surface area contributed by atoms with Crippen molar-refractivity contribution in [2.24, 2.45) is 5.92 Å². The minimum Gasteiger partial charge on any atom is -0.408 e. The van der Waals surface area contributed by atoms with E-state index in [9.17, 15) is 26.3 Å². The first-order valence-electron chi connectivity index (χ1n) is 14.5. The second kappa shape index (κ2) is 12.1. The van der Waals surface area contributed by atoms with Gasteiger partial charge >= 0.3 is 18.4 Å². The molecule has 0 amide bonds. The maximum atomic E-state index is 13.6. The molecule has 0 aliphatic heterocycles. The lowest BCUT2D eigenvalue weighted by molar-refractivity contribution is -0.143. The summed E-state index contributed by atoms with van der Waals surface area (Å²) in [7, 11) is 0. The molecule has 0 saturated heterocycles. The summed E-state index contributed by atoms with van der Waals surface area (Å²) in [5.41, 5.74) is 0.112. The number of aryl methyl sites for hydroxylation is 3. The summed E-state index contributed by atoms with van der Waals surface area (Å²) in [5.74, 6) is 1.58. The van der Waals surface area contributed by atoms with E-state index in [2.05, 4.69) is 28.1 Å². The van der Waals surface area contributed by atoms with Gasteiger partial charge in [0.15, 0.2) is 0 Å². The molecule has 12 heteroatoms. The number of benzene rings is 1. The molecule has 0 bridgehead atoms. The number of rotatable bonds is 9. The molecule has 42 heavy (non-hydrogen) atoms. The van der Waals surface area contributed by atoms with Crippen molar-refractivity contribution < 1.29 is 30.8 Å². The fraction of sp³-hybridized carbons (Fsp3) is 0.567. The Kier molecular flexibility index (Phi) is 8.71. The van der Waals surface area contributed by atoms with Crippen molar-refractivity contribution in [3.05, 3.63) is 63.7 Å². The molecular formula is C30H35F6N5O. The van der Waals surface area contributed by atoms with Gasteiger partial charge in [-0.2, -0.15) is 26.3 Å². The highest BCUT2D eigenvalue weighted by Crippen LogP contribution is 2.38. The van der Waals surface area contributed by atoms with Gasteiger partial charge in [-0.25, -0.2) is 4.98 Å². The van der Waals surface area contributed by atoms with Gasteiger partial charge in [0.05, 0.1) is 17.7 Å². The maximum absolute atomic E-state index is 13.6. The van der Waals surface area contributed by atoms with Gasteiger partial charge in [0.25, 0.3) is 0 Å². The molecule has 0 radical (unpaired) electrons. The number of anilines is 2. The Labute approximate surface area is 241 Å². The normalized spacial score (nSPS) is 16.1. The van der Waals surface area contributed by atoms with Crippen LogP contribution in [0, 0.1) is 12.8 Å². The molecule has 228 valence electrons. The minimum absolute atomic E-state index is 0.0148. The zero-order chi connectivity index (χ0) is 30.1. The van der Waals surface area contributed by atoms with Gasteiger partial charge in [-0.3, -0.25) is 0 Å². The van der Waals surface area contributed by atoms with E-state index in [1.165, 1.54) is 17.7 Å². The zero-order valence-corrected chi connectivity index (χ0v) is 23.8. The van der Waals surface area contributed by atoms with Crippen LogP contribution < -0.4 is 9.80 Å². The molecule has 1 aromatic carbocycles. The minimum atomic E-state index is -4.95. The topological polar surface area (TPSA) is 58.3 Å². The van der Waals surface area contributed by atoms with Crippen LogP contribution in [-0.4, -0.2) is 28.3 Å². The van der Waals surface area contributed by atoms with Crippen LogP contribution in [0.2, 0.25) is 0 Å². The average molecular weight is 596 g/mol. The van der Waals surface area contributed by atoms with E-state index < -0.39 is 23.5 Å². The Hall–Kier alpha value is -3.31. The molecule has 2 aliphatic carbocycles. The predicted molar refractivity (Wildman–Crippen MR) is 146 cm³/mol. The lowest BCUT2D eigenvalue weighted by Crippen LogP contribution is -2.32. The second-order valence-corrected chi connectivity index (χ2v) is 11.3. The molecule has 1 saturated carbocycles. The van der Waals surface area contributed by atoms with Gasteiger partial charge in [0.1, 0.15) is 5.82 Å². The third kappa shape index (κ3) is 7.00. The van der Waals surface area contributed by atoms with E-state index in [1.807, 2.05) is 0 Å². The molecule has 2 heterocycles. The van der Waals surface area contributed by atoms with Crippen molar-refractivity contribution >= 4 is 11.8 Å². The summed E-state index contributed by atoms with van der Waals surface area (Å²) in [6.07, 6.45) is -1.35. The molecular weight excluding hydrogens is 560 g/mol. The van der Waals surface area contributed by atoms with Crippen molar-refractivity contribution in [1.29, 1.82) is 0 Å². The molecule has 3 aromatic rings. The van der Waals surface area contributed by atoms with Crippen molar-refractivity contribution in [2.75, 3.05) is 22.9 Å². The van der Waals surface area contributed by atoms with E-state index in [0.717, 1.165) is 86.4 Å². The van der Waals surface area contributed by atoms with Crippen LogP contribution in [-0.2, 0) is 38.3 Å². The van der Waals surface area contributed by atoms with Gasteiger partial charge in [-0.05, 0) is 86.8 Å². The highest BCUT2D eigenvalue weighted by molar-refractivity contribution is 5.52. The van der Waals surface area contributed by atoms with E-state index >= 15 is 0 Å². The number of hydrogen-bond donors (Lipinski definition) is 0. The number of aromatic nitrogens is 3. The first-order chi connectivity index (χ1) is 19.9. The van der Waals surface area contributed by atoms with E-state index in [0.29, 0.717) is 5.92 Å². The van der Waals surface area contributed by atoms with Crippen molar-refractivity contribution in [3.8, 4) is 0 Å². The SMILES string of the molecule is CCN(CC1CCCC1)c1nc2c(cc1CN(Cc1cc(C(F)(F)F)cc(C(F)(F)F)c1)c1nnc(C)o1)CCCC2. The fourth-order valence-corrected chi connectivity index (χ4v) is 6.07. The molecule has 1 fully saturated rings. The fourth-order valence-electron chi connectivity index (χ4n) is 6.07. The quantitative estimate of drug-likeness (QED) is 0.234. The van der Waals surface area contributed by atoms with Crippen LogP contribution in [0.5, 0.6) is 0 Å². The first kappa shape index (κ1) is 30.2. The van der Waals surface area contributed by atoms with E-state index in [4.69, 9.17) is 9.40 Å². The third-order valence-electron chi connectivity index (χ3n) is 8.16. The van der Waals surface area contributed by atoms with Crippen LogP contribution >= 0.6 is 0 Å². The summed E-state index contributed by atoms with van der Waals surface area (Å²) in [6.45, 7) is 5.03. The van der Waals surface area contributed by atoms with Crippen LogP contribution in [0.15, 0.2) is 28.7 Å². The van der Waals surface area contributed by atoms with Gasteiger partial charge in [0.2, 0.25) is 5.89 Å². The van der Waals surface area contributed by atoms with Crippen LogP contribution in [0.3, 0.4) is 0 Å². The van der Waals surface area contributed by atoms with Crippen molar-refractivity contribution in [1.82, 2.24) is 15.2 Å². The Morgan fingerprint density at radius 1 is 0.833 bits per heavy atom. The number of fused-ring (bicyclic) bond motifs is 1. The summed E-state index contributed by atoms with van der Waals surface area (Å²) in [5, 5.41) is 7.95. The number of nitrogens with zero attached hydrogens (tertiary/aromatic N) is 5. The van der Waals surface area contributed by atoms with Crippen LogP contribution in [0.4, 0.5) is 38.2 Å². The monoisotopic (exact) mass is 595 g/mol. The van der Waals surface area contributed by atoms with Gasteiger partial charge in [0, 0.05) is 37.8 Å². The van der Waals surface area contributed by atoms with Gasteiger partial charge in [-0.1, -0.05) is 17.9 Å². The molecule has 0 unspecified atom stereocenters. The maximum Gasteiger partial charge on any atom is 0.416 e. The summed E-state index contributed by atoms with van der Waals surface area (Å²) in [6, 6.07) is 3.74. The molecule has 5 rings (SSSR count). The zero-order valence-electron chi connectivity index (χ0n) is 23.8. The predicted octanol–water partition coefficient (Wildman–Crippen LogP) is 7.91. The Bertz CT molecular complexity index is 1350. The van der Waals surface area contributed by atoms with E-state index in [1.54, 1.807) is 6.92 Å². The van der Waals surface area contributed by atoms with Gasteiger partial charge in [-0.15, -0.1) is 5.10 Å². The van der Waals surface area contributed by atoms with Crippen LogP contribution in [0.1, 0.15) is 84.9 Å². The molecule has 2 aromatic heterocycles. The molecule has 2 aliphatic rings. The smallest absolute Gasteiger partial charge is 0.408 e. The number of alkyl halides is 6. The second-order valence-electron chi connectivity index (χ2n) is 11.3. The van der Waals surface area contributed by atoms with Crippen molar-refractivity contribution in [3.63, 3.8) is 0 Å². The summed E-state index contributed by atoms with van der Waals surface area (Å²) < 4.78 is 87.4. The number of pyridine rings is 1. The van der Waals surface area contributed by atoms with Crippen LogP contribution in [0.25, 0.3) is 0 Å². The molecule has 0 N–H and O–H groups in total. The number of halogens is 6. The Balaban J connectivity index is 1.55. The van der Waals surface area contributed by atoms with Crippen molar-refractivity contribution in [2.45, 2.75) is 90.7 Å². The lowest BCUT2D eigenvalue weighted by Gasteiger charge is -2.31. The molecule has 6 nitrogen and oxygen atoms in total. The highest BCUT2D eigenvalue weighted by atomic mass is 19.4. The lowest BCUT2D eigenvalue weighted by atomic mass is 9.94. The molecule has 0 atom stereocenters. The first-order valence-corrected chi connectivity index (χ1v) is 14.5. The van der Waals surface area contributed by atoms with E-state index in [-0.39, 0.29) is 36.6 Å². The molecule has 0 spiro atoms. The standard InChI is InChI=1S/C30H35F6N5O/c1-3-40(16-20-8-4-5-9-20)27-23(14-22-10-6-7-11-26(22)37-27)18-41(28-39-38-19(2)42-28)17-21-12-24(29(31,32)33)15-25(13-21)30(34,35)36/h12-15,20H,3-11,16-18H2,1-2H3. The number of hydrogen-bond acceptors (Lipinski definition) is 6. The Morgan fingerprint density at radius 2 is 1.50 bits per heavy atom. The largest absolute Gasteiger partial charge is 0.416 e. The third-order valence-corrected chi connectivity index (χ3v) is 8.16. The average Bonchev–Trinajstić information content (AvgIpc) is 3.61. The highest BCUT2D eigenvalue weighted by Gasteiger charge is 2.37.